The van der Waals surface area contributed by atoms with Crippen LogP contribution in [0.3, 0.4) is 0 Å². The van der Waals surface area contributed by atoms with Crippen molar-refractivity contribution in [2.24, 2.45) is 5.73 Å². The van der Waals surface area contributed by atoms with Crippen molar-refractivity contribution < 1.29 is 9.59 Å². The summed E-state index contributed by atoms with van der Waals surface area (Å²) in [4.78, 5) is 23.9. The molecule has 5 heteroatoms. The topological polar surface area (TPSA) is 84.2 Å². The number of rotatable bonds is 5. The Labute approximate surface area is 125 Å². The van der Waals surface area contributed by atoms with Crippen LogP contribution in [0.15, 0.2) is 30.3 Å². The highest BCUT2D eigenvalue weighted by atomic mass is 16.2. The van der Waals surface area contributed by atoms with E-state index in [1.165, 1.54) is 0 Å². The molecule has 0 atom stereocenters. The molecule has 0 bridgehead atoms. The number of nitrogens with one attached hydrogen (secondary N) is 2. The van der Waals surface area contributed by atoms with Gasteiger partial charge >= 0.3 is 0 Å². The molecular weight excluding hydrogens is 266 g/mol. The fourth-order valence-corrected chi connectivity index (χ4v) is 2.63. The molecule has 1 aromatic carbocycles. The average molecular weight is 289 g/mol. The van der Waals surface area contributed by atoms with Gasteiger partial charge in [0.2, 0.25) is 5.91 Å². The van der Waals surface area contributed by atoms with E-state index in [1.807, 2.05) is 18.2 Å². The zero-order chi connectivity index (χ0) is 15.1. The summed E-state index contributed by atoms with van der Waals surface area (Å²) in [6, 6.07) is 9.01. The predicted octanol–water partition coefficient (Wildman–Crippen LogP) is 1.19. The fourth-order valence-electron chi connectivity index (χ4n) is 2.63. The van der Waals surface area contributed by atoms with Gasteiger partial charge in [0.15, 0.2) is 0 Å². The van der Waals surface area contributed by atoms with Gasteiger partial charge in [0.05, 0.1) is 5.54 Å². The molecule has 1 saturated carbocycles. The second-order valence-corrected chi connectivity index (χ2v) is 5.59. The molecule has 1 aliphatic carbocycles. The van der Waals surface area contributed by atoms with Crippen LogP contribution in [0.2, 0.25) is 0 Å². The minimum absolute atomic E-state index is 0.101. The van der Waals surface area contributed by atoms with E-state index in [4.69, 9.17) is 5.73 Å². The molecule has 0 unspecified atom stereocenters. The van der Waals surface area contributed by atoms with Crippen molar-refractivity contribution in [2.75, 3.05) is 13.1 Å². The van der Waals surface area contributed by atoms with E-state index in [-0.39, 0.29) is 11.8 Å². The lowest BCUT2D eigenvalue weighted by atomic mass is 9.82. The number of hydrogen-bond acceptors (Lipinski definition) is 3. The number of carbonyl (C=O) groups excluding carboxylic acids is 2. The third kappa shape index (κ3) is 4.29. The van der Waals surface area contributed by atoms with Gasteiger partial charge in [-0.15, -0.1) is 0 Å². The summed E-state index contributed by atoms with van der Waals surface area (Å²) in [5.74, 6) is -0.235. The maximum atomic E-state index is 12.1. The summed E-state index contributed by atoms with van der Waals surface area (Å²) in [5.41, 5.74) is 6.03. The van der Waals surface area contributed by atoms with Crippen LogP contribution < -0.4 is 16.4 Å². The molecule has 1 aromatic rings. The van der Waals surface area contributed by atoms with Gasteiger partial charge in [-0.2, -0.15) is 0 Å². The number of carbonyl (C=O) groups is 2. The average Bonchev–Trinajstić information content (AvgIpc) is 2.52. The monoisotopic (exact) mass is 289 g/mol. The highest BCUT2D eigenvalue weighted by Crippen LogP contribution is 2.25. The SMILES string of the molecule is NC1(C(=O)NCCNC(=O)c2ccccc2)CCCCC1. The van der Waals surface area contributed by atoms with Gasteiger partial charge in [-0.1, -0.05) is 37.5 Å². The maximum Gasteiger partial charge on any atom is 0.251 e. The number of amides is 2. The zero-order valence-electron chi connectivity index (χ0n) is 12.2. The van der Waals surface area contributed by atoms with Gasteiger partial charge in [-0.25, -0.2) is 0 Å². The molecule has 1 fully saturated rings. The van der Waals surface area contributed by atoms with Gasteiger partial charge < -0.3 is 16.4 Å². The third-order valence-electron chi connectivity index (χ3n) is 3.93. The van der Waals surface area contributed by atoms with Crippen LogP contribution in [0.25, 0.3) is 0 Å². The first-order chi connectivity index (χ1) is 10.1. The van der Waals surface area contributed by atoms with E-state index in [9.17, 15) is 9.59 Å². The first-order valence-electron chi connectivity index (χ1n) is 7.52. The molecule has 1 aliphatic rings. The van der Waals surface area contributed by atoms with Crippen molar-refractivity contribution in [1.29, 1.82) is 0 Å². The van der Waals surface area contributed by atoms with Gasteiger partial charge in [0.1, 0.15) is 0 Å². The summed E-state index contributed by atoms with van der Waals surface area (Å²) in [6.07, 6.45) is 4.66. The minimum atomic E-state index is -0.721. The lowest BCUT2D eigenvalue weighted by molar-refractivity contribution is -0.127. The Hall–Kier alpha value is -1.88. The van der Waals surface area contributed by atoms with E-state index < -0.39 is 5.54 Å². The largest absolute Gasteiger partial charge is 0.353 e. The van der Waals surface area contributed by atoms with Crippen LogP contribution in [0, 0.1) is 0 Å². The van der Waals surface area contributed by atoms with E-state index in [1.54, 1.807) is 12.1 Å². The Morgan fingerprint density at radius 3 is 2.29 bits per heavy atom. The van der Waals surface area contributed by atoms with Crippen LogP contribution in [-0.2, 0) is 4.79 Å². The molecular formula is C16H23N3O2. The van der Waals surface area contributed by atoms with Crippen molar-refractivity contribution in [3.63, 3.8) is 0 Å². The van der Waals surface area contributed by atoms with E-state index >= 15 is 0 Å². The summed E-state index contributed by atoms with van der Waals surface area (Å²) < 4.78 is 0. The third-order valence-corrected chi connectivity index (χ3v) is 3.93. The molecule has 4 N–H and O–H groups in total. The van der Waals surface area contributed by atoms with Crippen LogP contribution >= 0.6 is 0 Å². The molecule has 21 heavy (non-hydrogen) atoms. The van der Waals surface area contributed by atoms with E-state index in [2.05, 4.69) is 10.6 Å². The molecule has 0 heterocycles. The summed E-state index contributed by atoms with van der Waals surface area (Å²) in [5, 5.41) is 5.60. The summed E-state index contributed by atoms with van der Waals surface area (Å²) >= 11 is 0. The van der Waals surface area contributed by atoms with Crippen LogP contribution in [-0.4, -0.2) is 30.4 Å². The Balaban J connectivity index is 1.70. The normalized spacial score (nSPS) is 17.0. The van der Waals surface area contributed by atoms with Gasteiger partial charge in [0, 0.05) is 18.7 Å². The molecule has 5 nitrogen and oxygen atoms in total. The summed E-state index contributed by atoms with van der Waals surface area (Å²) in [6.45, 7) is 0.798. The van der Waals surface area contributed by atoms with Crippen molar-refractivity contribution in [3.8, 4) is 0 Å². The Morgan fingerprint density at radius 1 is 1.00 bits per heavy atom. The quantitative estimate of drug-likeness (QED) is 0.712. The molecule has 0 saturated heterocycles. The number of hydrogen-bond donors (Lipinski definition) is 3. The highest BCUT2D eigenvalue weighted by Gasteiger charge is 2.34. The second-order valence-electron chi connectivity index (χ2n) is 5.59. The van der Waals surface area contributed by atoms with Crippen molar-refractivity contribution in [3.05, 3.63) is 35.9 Å². The van der Waals surface area contributed by atoms with E-state index in [0.717, 1.165) is 32.1 Å². The molecule has 114 valence electrons. The maximum absolute atomic E-state index is 12.1. The first kappa shape index (κ1) is 15.5. The Kier molecular flexibility index (Phi) is 5.33. The standard InChI is InChI=1S/C16H23N3O2/c17-16(9-5-2-6-10-16)15(21)19-12-11-18-14(20)13-7-3-1-4-8-13/h1,3-4,7-8H,2,5-6,9-12,17H2,(H,18,20)(H,19,21). The number of nitrogens with two attached hydrogens (primary N) is 1. The van der Waals surface area contributed by atoms with Crippen molar-refractivity contribution in [2.45, 2.75) is 37.6 Å². The molecule has 2 rings (SSSR count). The smallest absolute Gasteiger partial charge is 0.251 e. The Morgan fingerprint density at radius 2 is 1.62 bits per heavy atom. The van der Waals surface area contributed by atoms with Crippen molar-refractivity contribution >= 4 is 11.8 Å². The van der Waals surface area contributed by atoms with Crippen molar-refractivity contribution in [1.82, 2.24) is 10.6 Å². The molecule has 0 aromatic heterocycles. The predicted molar refractivity (Wildman–Crippen MR) is 81.8 cm³/mol. The lowest BCUT2D eigenvalue weighted by Crippen LogP contribution is -2.55. The van der Waals surface area contributed by atoms with E-state index in [0.29, 0.717) is 18.7 Å². The molecule has 2 amide bonds. The fraction of sp³-hybridized carbons (Fsp3) is 0.500. The van der Waals surface area contributed by atoms with Crippen LogP contribution in [0.4, 0.5) is 0 Å². The minimum Gasteiger partial charge on any atom is -0.353 e. The molecule has 0 radical (unpaired) electrons. The second kappa shape index (κ2) is 7.22. The van der Waals surface area contributed by atoms with Gasteiger partial charge in [0.25, 0.3) is 5.91 Å². The Bertz CT molecular complexity index is 482. The van der Waals surface area contributed by atoms with Crippen LogP contribution in [0.1, 0.15) is 42.5 Å². The zero-order valence-corrected chi connectivity index (χ0v) is 12.2. The molecule has 0 aliphatic heterocycles. The van der Waals surface area contributed by atoms with Gasteiger partial charge in [-0.05, 0) is 25.0 Å². The lowest BCUT2D eigenvalue weighted by Gasteiger charge is -2.31. The first-order valence-corrected chi connectivity index (χ1v) is 7.52. The number of benzene rings is 1. The highest BCUT2D eigenvalue weighted by molar-refractivity contribution is 5.94. The molecule has 0 spiro atoms. The van der Waals surface area contributed by atoms with Crippen LogP contribution in [0.5, 0.6) is 0 Å². The summed E-state index contributed by atoms with van der Waals surface area (Å²) in [7, 11) is 0. The van der Waals surface area contributed by atoms with Gasteiger partial charge in [-0.3, -0.25) is 9.59 Å².